The number of fused-ring (bicyclic) bond motifs is 1. The molecular weight excluding hydrogens is 190 g/mol. The standard InChI is InChI=1S/C10H13N5/c1-10(2,3)15-9-7-8(13-6-14-9)12-5-4-11-7/h4-6H,1-3H3,(H,12,13,14,15). The summed E-state index contributed by atoms with van der Waals surface area (Å²) < 4.78 is 0. The molecular formula is C10H13N5. The number of anilines is 1. The van der Waals surface area contributed by atoms with Crippen LogP contribution >= 0.6 is 0 Å². The summed E-state index contributed by atoms with van der Waals surface area (Å²) in [6.45, 7) is 6.20. The first-order valence-corrected chi connectivity index (χ1v) is 4.76. The van der Waals surface area contributed by atoms with E-state index in [-0.39, 0.29) is 5.54 Å². The van der Waals surface area contributed by atoms with Crippen LogP contribution in [0, 0.1) is 0 Å². The summed E-state index contributed by atoms with van der Waals surface area (Å²) in [7, 11) is 0. The van der Waals surface area contributed by atoms with Crippen molar-refractivity contribution in [2.45, 2.75) is 26.3 Å². The lowest BCUT2D eigenvalue weighted by atomic mass is 10.1. The molecule has 2 aromatic rings. The van der Waals surface area contributed by atoms with Crippen LogP contribution in [0.3, 0.4) is 0 Å². The lowest BCUT2D eigenvalue weighted by Crippen LogP contribution is -2.27. The molecule has 0 unspecified atom stereocenters. The van der Waals surface area contributed by atoms with E-state index in [9.17, 15) is 0 Å². The van der Waals surface area contributed by atoms with Crippen LogP contribution in [0.15, 0.2) is 18.7 Å². The summed E-state index contributed by atoms with van der Waals surface area (Å²) in [5, 5.41) is 3.27. The maximum absolute atomic E-state index is 4.22. The predicted octanol–water partition coefficient (Wildman–Crippen LogP) is 1.63. The third-order valence-electron chi connectivity index (χ3n) is 1.76. The maximum Gasteiger partial charge on any atom is 0.183 e. The molecule has 2 rings (SSSR count). The van der Waals surface area contributed by atoms with Gasteiger partial charge in [0, 0.05) is 17.9 Å². The Morgan fingerprint density at radius 2 is 1.73 bits per heavy atom. The minimum absolute atomic E-state index is 0.0567. The van der Waals surface area contributed by atoms with E-state index < -0.39 is 0 Å². The Kier molecular flexibility index (Phi) is 2.22. The van der Waals surface area contributed by atoms with Crippen molar-refractivity contribution in [2.24, 2.45) is 0 Å². The fraction of sp³-hybridized carbons (Fsp3) is 0.400. The van der Waals surface area contributed by atoms with Crippen LogP contribution in [-0.2, 0) is 0 Å². The topological polar surface area (TPSA) is 63.6 Å². The zero-order chi connectivity index (χ0) is 10.9. The quantitative estimate of drug-likeness (QED) is 0.763. The van der Waals surface area contributed by atoms with Crippen molar-refractivity contribution in [1.29, 1.82) is 0 Å². The molecule has 0 aromatic carbocycles. The zero-order valence-electron chi connectivity index (χ0n) is 9.02. The monoisotopic (exact) mass is 203 g/mol. The van der Waals surface area contributed by atoms with Crippen LogP contribution in [-0.4, -0.2) is 25.5 Å². The van der Waals surface area contributed by atoms with Gasteiger partial charge in [-0.05, 0) is 20.8 Å². The highest BCUT2D eigenvalue weighted by Gasteiger charge is 2.13. The Labute approximate surface area is 88.0 Å². The summed E-state index contributed by atoms with van der Waals surface area (Å²) >= 11 is 0. The number of nitrogens with one attached hydrogen (secondary N) is 1. The smallest absolute Gasteiger partial charge is 0.183 e. The lowest BCUT2D eigenvalue weighted by molar-refractivity contribution is 0.631. The Morgan fingerprint density at radius 3 is 2.47 bits per heavy atom. The van der Waals surface area contributed by atoms with Gasteiger partial charge in [0.2, 0.25) is 0 Å². The Hall–Kier alpha value is -1.78. The van der Waals surface area contributed by atoms with Gasteiger partial charge in [-0.1, -0.05) is 0 Å². The molecule has 0 spiro atoms. The van der Waals surface area contributed by atoms with Gasteiger partial charge in [0.1, 0.15) is 11.8 Å². The van der Waals surface area contributed by atoms with Crippen molar-refractivity contribution in [3.8, 4) is 0 Å². The maximum atomic E-state index is 4.22. The van der Waals surface area contributed by atoms with E-state index in [1.807, 2.05) is 0 Å². The van der Waals surface area contributed by atoms with Crippen LogP contribution < -0.4 is 5.32 Å². The highest BCUT2D eigenvalue weighted by molar-refractivity contribution is 5.81. The third kappa shape index (κ3) is 2.18. The molecule has 2 aromatic heterocycles. The molecule has 0 aliphatic rings. The van der Waals surface area contributed by atoms with Crippen molar-refractivity contribution in [3.05, 3.63) is 18.7 Å². The highest BCUT2D eigenvalue weighted by Crippen LogP contribution is 2.17. The molecule has 0 aliphatic carbocycles. The van der Waals surface area contributed by atoms with E-state index in [4.69, 9.17) is 0 Å². The lowest BCUT2D eigenvalue weighted by Gasteiger charge is -2.21. The Morgan fingerprint density at radius 1 is 1.00 bits per heavy atom. The number of aromatic nitrogens is 4. The van der Waals surface area contributed by atoms with Crippen molar-refractivity contribution in [3.63, 3.8) is 0 Å². The Bertz CT molecular complexity index is 469. The van der Waals surface area contributed by atoms with Gasteiger partial charge >= 0.3 is 0 Å². The van der Waals surface area contributed by atoms with Gasteiger partial charge in [-0.2, -0.15) is 0 Å². The second-order valence-electron chi connectivity index (χ2n) is 4.33. The van der Waals surface area contributed by atoms with Gasteiger partial charge < -0.3 is 5.32 Å². The van der Waals surface area contributed by atoms with Crippen molar-refractivity contribution >= 4 is 17.0 Å². The molecule has 0 saturated heterocycles. The Balaban J connectivity index is 2.52. The molecule has 5 nitrogen and oxygen atoms in total. The fourth-order valence-electron chi connectivity index (χ4n) is 1.24. The van der Waals surface area contributed by atoms with E-state index in [2.05, 4.69) is 46.0 Å². The van der Waals surface area contributed by atoms with Gasteiger partial charge in [0.05, 0.1) is 0 Å². The van der Waals surface area contributed by atoms with E-state index >= 15 is 0 Å². The molecule has 1 N–H and O–H groups in total. The van der Waals surface area contributed by atoms with E-state index in [0.29, 0.717) is 11.2 Å². The van der Waals surface area contributed by atoms with Gasteiger partial charge in [-0.25, -0.2) is 19.9 Å². The van der Waals surface area contributed by atoms with E-state index in [0.717, 1.165) is 5.82 Å². The molecule has 0 bridgehead atoms. The normalized spacial score (nSPS) is 11.7. The van der Waals surface area contributed by atoms with Crippen molar-refractivity contribution in [2.75, 3.05) is 5.32 Å². The number of rotatable bonds is 1. The number of nitrogens with zero attached hydrogens (tertiary/aromatic N) is 4. The van der Waals surface area contributed by atoms with Crippen LogP contribution in [0.5, 0.6) is 0 Å². The summed E-state index contributed by atoms with van der Waals surface area (Å²) in [6, 6.07) is 0. The average molecular weight is 203 g/mol. The second-order valence-corrected chi connectivity index (χ2v) is 4.33. The number of hydrogen-bond donors (Lipinski definition) is 1. The first kappa shape index (κ1) is 9.76. The van der Waals surface area contributed by atoms with Gasteiger partial charge in [0.25, 0.3) is 0 Å². The van der Waals surface area contributed by atoms with Crippen molar-refractivity contribution in [1.82, 2.24) is 19.9 Å². The minimum Gasteiger partial charge on any atom is -0.364 e. The first-order valence-electron chi connectivity index (χ1n) is 4.76. The van der Waals surface area contributed by atoms with Crippen LogP contribution in [0.2, 0.25) is 0 Å². The van der Waals surface area contributed by atoms with Gasteiger partial charge in [-0.15, -0.1) is 0 Å². The SMILES string of the molecule is CC(C)(C)Nc1ncnc2nccnc12. The highest BCUT2D eigenvalue weighted by atomic mass is 15.1. The number of hydrogen-bond acceptors (Lipinski definition) is 5. The molecule has 0 atom stereocenters. The van der Waals surface area contributed by atoms with E-state index in [1.165, 1.54) is 6.33 Å². The second kappa shape index (κ2) is 3.42. The van der Waals surface area contributed by atoms with Gasteiger partial charge in [0.15, 0.2) is 11.5 Å². The first-order chi connectivity index (χ1) is 7.06. The van der Waals surface area contributed by atoms with Crippen LogP contribution in [0.1, 0.15) is 20.8 Å². The summed E-state index contributed by atoms with van der Waals surface area (Å²) in [4.78, 5) is 16.5. The molecule has 0 amide bonds. The fourth-order valence-corrected chi connectivity index (χ4v) is 1.24. The van der Waals surface area contributed by atoms with Crippen molar-refractivity contribution < 1.29 is 0 Å². The van der Waals surface area contributed by atoms with Gasteiger partial charge in [-0.3, -0.25) is 0 Å². The molecule has 0 saturated carbocycles. The molecule has 0 aliphatic heterocycles. The molecule has 0 fully saturated rings. The minimum atomic E-state index is -0.0567. The largest absolute Gasteiger partial charge is 0.364 e. The molecule has 15 heavy (non-hydrogen) atoms. The summed E-state index contributed by atoms with van der Waals surface area (Å²) in [6.07, 6.45) is 4.75. The van der Waals surface area contributed by atoms with Crippen LogP contribution in [0.4, 0.5) is 5.82 Å². The molecule has 78 valence electrons. The molecule has 2 heterocycles. The van der Waals surface area contributed by atoms with E-state index in [1.54, 1.807) is 12.4 Å². The summed E-state index contributed by atoms with van der Waals surface area (Å²) in [5.41, 5.74) is 1.26. The molecule has 0 radical (unpaired) electrons. The average Bonchev–Trinajstić information content (AvgIpc) is 2.16. The predicted molar refractivity (Wildman–Crippen MR) is 58.5 cm³/mol. The molecule has 5 heteroatoms. The van der Waals surface area contributed by atoms with Crippen LogP contribution in [0.25, 0.3) is 11.2 Å². The summed E-state index contributed by atoms with van der Waals surface area (Å²) in [5.74, 6) is 0.723. The third-order valence-corrected chi connectivity index (χ3v) is 1.76. The zero-order valence-corrected chi connectivity index (χ0v) is 9.02.